The molecule has 8 heteroatoms. The van der Waals surface area contributed by atoms with Crippen LogP contribution in [0.1, 0.15) is 58.8 Å². The lowest BCUT2D eigenvalue weighted by Gasteiger charge is -2.43. The van der Waals surface area contributed by atoms with Crippen molar-refractivity contribution >= 4 is 39.1 Å². The van der Waals surface area contributed by atoms with Crippen LogP contribution in [-0.4, -0.2) is 63.7 Å². The Bertz CT molecular complexity index is 1400. The predicted octanol–water partition coefficient (Wildman–Crippen LogP) is 4.12. The lowest BCUT2D eigenvalue weighted by molar-refractivity contribution is -0.149. The molecule has 5 heterocycles. The van der Waals surface area contributed by atoms with Gasteiger partial charge in [0.15, 0.2) is 0 Å². The fourth-order valence-corrected chi connectivity index (χ4v) is 7.89. The van der Waals surface area contributed by atoms with Crippen LogP contribution in [0.2, 0.25) is 0 Å². The van der Waals surface area contributed by atoms with Crippen molar-refractivity contribution in [3.8, 4) is 0 Å². The molecular formula is C30H32N4O3S. The molecule has 4 aliphatic rings. The van der Waals surface area contributed by atoms with E-state index in [1.807, 2.05) is 52.4 Å². The third kappa shape index (κ3) is 4.10. The normalized spacial score (nSPS) is 28.8. The highest BCUT2D eigenvalue weighted by Crippen LogP contribution is 2.49. The lowest BCUT2D eigenvalue weighted by Crippen LogP contribution is -2.59. The van der Waals surface area contributed by atoms with E-state index in [0.29, 0.717) is 48.6 Å². The first-order chi connectivity index (χ1) is 18.5. The van der Waals surface area contributed by atoms with Crippen molar-refractivity contribution in [2.24, 2.45) is 11.8 Å². The first-order valence-corrected chi connectivity index (χ1v) is 14.6. The second kappa shape index (κ2) is 9.19. The van der Waals surface area contributed by atoms with E-state index in [2.05, 4.69) is 17.2 Å². The Morgan fingerprint density at radius 1 is 1.05 bits per heavy atom. The van der Waals surface area contributed by atoms with Gasteiger partial charge in [-0.15, -0.1) is 11.3 Å². The molecule has 1 N–H and O–H groups in total. The van der Waals surface area contributed by atoms with Crippen molar-refractivity contribution in [2.45, 2.75) is 63.1 Å². The van der Waals surface area contributed by atoms with Gasteiger partial charge in [0.25, 0.3) is 5.91 Å². The molecule has 3 aromatic rings. The second-order valence-corrected chi connectivity index (χ2v) is 12.7. The van der Waals surface area contributed by atoms with Crippen LogP contribution < -0.4 is 5.32 Å². The Hall–Kier alpha value is -3.26. The van der Waals surface area contributed by atoms with Gasteiger partial charge in [-0.25, -0.2) is 0 Å². The molecule has 0 spiro atoms. The highest BCUT2D eigenvalue weighted by atomic mass is 32.1. The van der Waals surface area contributed by atoms with E-state index in [0.717, 1.165) is 29.3 Å². The van der Waals surface area contributed by atoms with Gasteiger partial charge in [-0.1, -0.05) is 18.2 Å². The van der Waals surface area contributed by atoms with Crippen LogP contribution in [0, 0.1) is 18.8 Å². The smallest absolute Gasteiger partial charge is 0.262 e. The van der Waals surface area contributed by atoms with Gasteiger partial charge in [0.2, 0.25) is 11.8 Å². The van der Waals surface area contributed by atoms with Gasteiger partial charge in [-0.2, -0.15) is 0 Å². The summed E-state index contributed by atoms with van der Waals surface area (Å²) in [6.45, 7) is 3.43. The Balaban J connectivity index is 1.08. The zero-order valence-electron chi connectivity index (χ0n) is 21.5. The van der Waals surface area contributed by atoms with Gasteiger partial charge in [-0.05, 0) is 85.6 Å². The molecule has 0 bridgehead atoms. The molecule has 1 aromatic carbocycles. The summed E-state index contributed by atoms with van der Waals surface area (Å²) < 4.78 is 1.06. The lowest BCUT2D eigenvalue weighted by atomic mass is 9.89. The van der Waals surface area contributed by atoms with E-state index in [9.17, 15) is 14.4 Å². The van der Waals surface area contributed by atoms with Crippen LogP contribution >= 0.6 is 11.3 Å². The number of hydrogen-bond donors (Lipinski definition) is 1. The molecule has 196 valence electrons. The minimum Gasteiger partial charge on any atom is -0.340 e. The van der Waals surface area contributed by atoms with E-state index in [1.165, 1.54) is 22.5 Å². The first-order valence-electron chi connectivity index (χ1n) is 13.8. The summed E-state index contributed by atoms with van der Waals surface area (Å²) in [6.07, 6.45) is 8.03. The Labute approximate surface area is 226 Å². The van der Waals surface area contributed by atoms with Gasteiger partial charge in [0.05, 0.1) is 4.88 Å². The molecular weight excluding hydrogens is 496 g/mol. The molecule has 4 fully saturated rings. The van der Waals surface area contributed by atoms with Gasteiger partial charge in [0, 0.05) is 42.1 Å². The summed E-state index contributed by atoms with van der Waals surface area (Å²) in [4.78, 5) is 49.6. The van der Waals surface area contributed by atoms with Crippen LogP contribution in [0.5, 0.6) is 0 Å². The van der Waals surface area contributed by atoms with E-state index >= 15 is 0 Å². The number of hydrogen-bond acceptors (Lipinski definition) is 5. The minimum absolute atomic E-state index is 0.0566. The van der Waals surface area contributed by atoms with E-state index < -0.39 is 12.1 Å². The van der Waals surface area contributed by atoms with Crippen LogP contribution in [-0.2, 0) is 9.59 Å². The van der Waals surface area contributed by atoms with E-state index in [4.69, 9.17) is 0 Å². The van der Waals surface area contributed by atoms with Crippen molar-refractivity contribution in [3.63, 3.8) is 0 Å². The third-order valence-corrected chi connectivity index (χ3v) is 10.3. The molecule has 7 rings (SSSR count). The molecule has 5 atom stereocenters. The number of amides is 3. The number of nitrogens with one attached hydrogen (secondary N) is 1. The molecule has 3 aliphatic heterocycles. The fourth-order valence-electron chi connectivity index (χ4n) is 6.92. The van der Waals surface area contributed by atoms with Gasteiger partial charge in [-0.3, -0.25) is 19.4 Å². The van der Waals surface area contributed by atoms with Crippen molar-refractivity contribution in [3.05, 3.63) is 64.8 Å². The number of aromatic nitrogens is 1. The number of rotatable bonds is 4. The quantitative estimate of drug-likeness (QED) is 0.552. The largest absolute Gasteiger partial charge is 0.340 e. The molecule has 7 nitrogen and oxygen atoms in total. The molecule has 0 radical (unpaired) electrons. The van der Waals surface area contributed by atoms with E-state index in [1.54, 1.807) is 6.20 Å². The standard InChI is InChI=1S/C30H32N4O3S/c1-17-8-9-31-14-23(17)21-15-33(16-21)30(37)25-7-6-22-11-19-10-20(19)12-24(29(36)34(22)25)32-28(35)27-13-18-4-2-3-5-26(18)38-27/h2-5,8-9,13-14,19-22,24-25H,6-7,10-12,15-16H2,1H3,(H,32,35)/t19-,20+,22+,24-,25-/m0/s1. The molecule has 3 saturated heterocycles. The first kappa shape index (κ1) is 23.8. The van der Waals surface area contributed by atoms with Crippen molar-refractivity contribution in [1.29, 1.82) is 0 Å². The maximum atomic E-state index is 14.0. The fraction of sp³-hybridized carbons (Fsp3) is 0.467. The summed E-state index contributed by atoms with van der Waals surface area (Å²) in [5.41, 5.74) is 2.40. The monoisotopic (exact) mass is 528 g/mol. The summed E-state index contributed by atoms with van der Waals surface area (Å²) in [5.74, 6) is 1.16. The molecule has 38 heavy (non-hydrogen) atoms. The number of benzene rings is 1. The Morgan fingerprint density at radius 2 is 1.87 bits per heavy atom. The summed E-state index contributed by atoms with van der Waals surface area (Å²) in [5, 5.41) is 4.12. The highest BCUT2D eigenvalue weighted by molar-refractivity contribution is 7.20. The average Bonchev–Trinajstić information content (AvgIpc) is 3.25. The zero-order chi connectivity index (χ0) is 26.0. The molecule has 3 amide bonds. The molecule has 2 aromatic heterocycles. The maximum absolute atomic E-state index is 14.0. The van der Waals surface area contributed by atoms with Crippen LogP contribution in [0.15, 0.2) is 48.8 Å². The van der Waals surface area contributed by atoms with Gasteiger partial charge < -0.3 is 15.1 Å². The van der Waals surface area contributed by atoms with E-state index in [-0.39, 0.29) is 23.8 Å². The van der Waals surface area contributed by atoms with Gasteiger partial charge >= 0.3 is 0 Å². The van der Waals surface area contributed by atoms with Crippen LogP contribution in [0.3, 0.4) is 0 Å². The van der Waals surface area contributed by atoms with Crippen LogP contribution in [0.25, 0.3) is 10.1 Å². The average molecular weight is 529 g/mol. The second-order valence-electron chi connectivity index (χ2n) is 11.6. The maximum Gasteiger partial charge on any atom is 0.262 e. The SMILES string of the molecule is Cc1ccncc1C1CN(C(=O)[C@@H]2CC[C@@H]3C[C@@H]4C[C@@H]4C[C@H](NC(=O)c4cc5ccccc5s4)C(=O)N32)C1. The zero-order valence-corrected chi connectivity index (χ0v) is 22.3. The van der Waals surface area contributed by atoms with Crippen molar-refractivity contribution in [1.82, 2.24) is 20.1 Å². The van der Waals surface area contributed by atoms with Gasteiger partial charge in [0.1, 0.15) is 12.1 Å². The molecule has 1 saturated carbocycles. The van der Waals surface area contributed by atoms with Crippen molar-refractivity contribution < 1.29 is 14.4 Å². The summed E-state index contributed by atoms with van der Waals surface area (Å²) in [7, 11) is 0. The summed E-state index contributed by atoms with van der Waals surface area (Å²) >= 11 is 1.45. The number of nitrogens with zero attached hydrogens (tertiary/aromatic N) is 3. The molecule has 0 unspecified atom stereocenters. The number of carbonyl (C=O) groups excluding carboxylic acids is 3. The third-order valence-electron chi connectivity index (χ3n) is 9.19. The topological polar surface area (TPSA) is 82.6 Å². The Morgan fingerprint density at radius 3 is 2.68 bits per heavy atom. The van der Waals surface area contributed by atoms with Crippen molar-refractivity contribution in [2.75, 3.05) is 13.1 Å². The number of likely N-dealkylation sites (tertiary alicyclic amines) is 1. The van der Waals surface area contributed by atoms with Crippen LogP contribution in [0.4, 0.5) is 0 Å². The minimum atomic E-state index is -0.582. The molecule has 1 aliphatic carbocycles. The summed E-state index contributed by atoms with van der Waals surface area (Å²) in [6, 6.07) is 10.9. The number of fused-ring (bicyclic) bond motifs is 3. The number of aryl methyl sites for hydroxylation is 1. The number of thiophene rings is 1. The Kier molecular flexibility index (Phi) is 5.76. The predicted molar refractivity (Wildman–Crippen MR) is 146 cm³/mol. The highest BCUT2D eigenvalue weighted by Gasteiger charge is 2.52. The number of pyridine rings is 1. The number of carbonyl (C=O) groups is 3.